The van der Waals surface area contributed by atoms with E-state index in [4.69, 9.17) is 4.74 Å². The van der Waals surface area contributed by atoms with Crippen molar-refractivity contribution in [1.82, 2.24) is 0 Å². The second kappa shape index (κ2) is 3.98. The van der Waals surface area contributed by atoms with Crippen LogP contribution < -0.4 is 0 Å². The molecule has 0 amide bonds. The molecule has 86 valence electrons. The lowest BCUT2D eigenvalue weighted by molar-refractivity contribution is -0.243. The summed E-state index contributed by atoms with van der Waals surface area (Å²) < 4.78 is 31.5. The summed E-state index contributed by atoms with van der Waals surface area (Å²) in [5, 5.41) is 0. The summed E-state index contributed by atoms with van der Waals surface area (Å²) in [6.45, 7) is 3.36. The van der Waals surface area contributed by atoms with E-state index in [2.05, 4.69) is 0 Å². The van der Waals surface area contributed by atoms with Crippen LogP contribution in [0.4, 0.5) is 8.78 Å². The van der Waals surface area contributed by atoms with E-state index in [9.17, 15) is 8.78 Å². The minimum atomic E-state index is -3.13. The van der Waals surface area contributed by atoms with E-state index in [1.165, 1.54) is 6.92 Å². The zero-order chi connectivity index (χ0) is 11.8. The summed E-state index contributed by atoms with van der Waals surface area (Å²) >= 11 is 0. The summed E-state index contributed by atoms with van der Waals surface area (Å²) in [5.74, 6) is 0. The maximum absolute atomic E-state index is 13.3. The third-order valence-electron chi connectivity index (χ3n) is 2.84. The molecule has 0 aliphatic carbocycles. The first kappa shape index (κ1) is 11.3. The fourth-order valence-electron chi connectivity index (χ4n) is 1.71. The smallest absolute Gasteiger partial charge is 0.308 e. The predicted molar refractivity (Wildman–Crippen MR) is 58.3 cm³/mol. The van der Waals surface area contributed by atoms with E-state index in [1.54, 1.807) is 6.08 Å². The highest BCUT2D eigenvalue weighted by atomic mass is 19.3. The normalized spacial score (nSPS) is 24.0. The van der Waals surface area contributed by atoms with Gasteiger partial charge in [-0.2, -0.15) is 8.78 Å². The molecule has 1 nitrogen and oxygen atoms in total. The van der Waals surface area contributed by atoms with Gasteiger partial charge in [0.1, 0.15) is 0 Å². The minimum absolute atomic E-state index is 0.00383. The Hall–Kier alpha value is -1.22. The van der Waals surface area contributed by atoms with E-state index in [1.807, 2.05) is 31.2 Å². The number of hydrogen-bond acceptors (Lipinski definition) is 1. The van der Waals surface area contributed by atoms with Crippen molar-refractivity contribution in [1.29, 1.82) is 0 Å². The van der Waals surface area contributed by atoms with Crippen molar-refractivity contribution in [2.75, 3.05) is 0 Å². The molecule has 16 heavy (non-hydrogen) atoms. The van der Waals surface area contributed by atoms with Gasteiger partial charge in [-0.1, -0.05) is 35.9 Å². The molecule has 0 N–H and O–H groups in total. The Morgan fingerprint density at radius 2 is 1.81 bits per heavy atom. The molecule has 0 radical (unpaired) electrons. The molecule has 3 heteroatoms. The van der Waals surface area contributed by atoms with Gasteiger partial charge in [0.25, 0.3) is 0 Å². The average Bonchev–Trinajstić information content (AvgIpc) is 2.23. The summed E-state index contributed by atoms with van der Waals surface area (Å²) in [7, 11) is 0. The molecular formula is C13H14F2O. The number of halogens is 2. The van der Waals surface area contributed by atoms with E-state index in [0.717, 1.165) is 11.1 Å². The van der Waals surface area contributed by atoms with E-state index in [0.29, 0.717) is 6.42 Å². The monoisotopic (exact) mass is 224 g/mol. The zero-order valence-corrected chi connectivity index (χ0v) is 9.34. The average molecular weight is 224 g/mol. The van der Waals surface area contributed by atoms with Gasteiger partial charge in [0.05, 0.1) is 6.10 Å². The highest BCUT2D eigenvalue weighted by Gasteiger charge is 2.39. The summed E-state index contributed by atoms with van der Waals surface area (Å²) in [4.78, 5) is 0. The van der Waals surface area contributed by atoms with Gasteiger partial charge in [0, 0.05) is 5.57 Å². The number of aryl methyl sites for hydroxylation is 1. The third-order valence-corrected chi connectivity index (χ3v) is 2.84. The molecule has 1 aliphatic heterocycles. The van der Waals surface area contributed by atoms with Crippen molar-refractivity contribution >= 4 is 0 Å². The van der Waals surface area contributed by atoms with Gasteiger partial charge in [0.15, 0.2) is 0 Å². The van der Waals surface area contributed by atoms with Gasteiger partial charge in [-0.15, -0.1) is 0 Å². The Balaban J connectivity index is 2.22. The molecule has 1 unspecified atom stereocenters. The number of ether oxygens (including phenoxy) is 1. The van der Waals surface area contributed by atoms with Crippen LogP contribution in [-0.2, 0) is 4.74 Å². The van der Waals surface area contributed by atoms with Crippen molar-refractivity contribution in [2.45, 2.75) is 32.5 Å². The van der Waals surface area contributed by atoms with Gasteiger partial charge in [-0.05, 0) is 25.8 Å². The summed E-state index contributed by atoms with van der Waals surface area (Å²) in [6.07, 6.45) is -1.62. The van der Waals surface area contributed by atoms with Gasteiger partial charge in [0.2, 0.25) is 0 Å². The van der Waals surface area contributed by atoms with Crippen LogP contribution in [0, 0.1) is 6.92 Å². The number of rotatable bonds is 1. The second-order valence-electron chi connectivity index (χ2n) is 4.16. The largest absolute Gasteiger partial charge is 0.379 e. The molecule has 0 saturated heterocycles. The van der Waals surface area contributed by atoms with Crippen LogP contribution in [0.15, 0.2) is 35.9 Å². The molecule has 0 bridgehead atoms. The van der Waals surface area contributed by atoms with Gasteiger partial charge in [-0.25, -0.2) is 0 Å². The lowest BCUT2D eigenvalue weighted by atomic mass is 10.0. The van der Waals surface area contributed by atoms with Crippen molar-refractivity contribution in [3.8, 4) is 0 Å². The Morgan fingerprint density at radius 1 is 1.19 bits per heavy atom. The van der Waals surface area contributed by atoms with Crippen LogP contribution in [0.1, 0.15) is 30.6 Å². The maximum Gasteiger partial charge on any atom is 0.379 e. The lowest BCUT2D eigenvalue weighted by Gasteiger charge is -2.29. The minimum Gasteiger partial charge on any atom is -0.308 e. The topological polar surface area (TPSA) is 9.23 Å². The first-order valence-electron chi connectivity index (χ1n) is 5.28. The molecule has 1 aliphatic rings. The molecule has 1 aromatic carbocycles. The summed E-state index contributed by atoms with van der Waals surface area (Å²) in [5.41, 5.74) is 1.91. The van der Waals surface area contributed by atoms with Crippen molar-refractivity contribution in [3.05, 3.63) is 47.0 Å². The fraction of sp³-hybridized carbons (Fsp3) is 0.385. The van der Waals surface area contributed by atoms with E-state index in [-0.39, 0.29) is 5.57 Å². The second-order valence-corrected chi connectivity index (χ2v) is 4.16. The number of benzene rings is 1. The summed E-state index contributed by atoms with van der Waals surface area (Å²) in [6, 6.07) is 7.49. The van der Waals surface area contributed by atoms with E-state index < -0.39 is 12.2 Å². The first-order valence-corrected chi connectivity index (χ1v) is 5.28. The molecule has 2 rings (SSSR count). The number of alkyl halides is 2. The van der Waals surface area contributed by atoms with Crippen LogP contribution in [0.25, 0.3) is 0 Å². The molecule has 1 atom stereocenters. The van der Waals surface area contributed by atoms with Crippen molar-refractivity contribution < 1.29 is 13.5 Å². The molecule has 1 heterocycles. The van der Waals surface area contributed by atoms with Gasteiger partial charge >= 0.3 is 6.11 Å². The Labute approximate surface area is 93.7 Å². The lowest BCUT2D eigenvalue weighted by Crippen LogP contribution is -2.28. The molecule has 0 fully saturated rings. The quantitative estimate of drug-likeness (QED) is 0.655. The molecule has 1 aromatic rings. The number of hydrogen-bond donors (Lipinski definition) is 0. The van der Waals surface area contributed by atoms with Crippen LogP contribution in [0.2, 0.25) is 0 Å². The Bertz CT molecular complexity index is 406. The third kappa shape index (κ3) is 2.14. The van der Waals surface area contributed by atoms with Gasteiger partial charge in [-0.3, -0.25) is 0 Å². The van der Waals surface area contributed by atoms with Crippen molar-refractivity contribution in [2.24, 2.45) is 0 Å². The van der Waals surface area contributed by atoms with Crippen molar-refractivity contribution in [3.63, 3.8) is 0 Å². The van der Waals surface area contributed by atoms with Crippen LogP contribution >= 0.6 is 0 Å². The highest BCUT2D eigenvalue weighted by Crippen LogP contribution is 2.38. The first-order chi connectivity index (χ1) is 7.49. The van der Waals surface area contributed by atoms with Crippen LogP contribution in [-0.4, -0.2) is 6.11 Å². The highest BCUT2D eigenvalue weighted by molar-refractivity contribution is 5.25. The molecule has 0 saturated carbocycles. The Kier molecular flexibility index (Phi) is 2.80. The Morgan fingerprint density at radius 3 is 2.38 bits per heavy atom. The molecule has 0 spiro atoms. The maximum atomic E-state index is 13.3. The van der Waals surface area contributed by atoms with Crippen LogP contribution in [0.3, 0.4) is 0 Å². The zero-order valence-electron chi connectivity index (χ0n) is 9.34. The van der Waals surface area contributed by atoms with Crippen LogP contribution in [0.5, 0.6) is 0 Å². The fourth-order valence-corrected chi connectivity index (χ4v) is 1.71. The molecular weight excluding hydrogens is 210 g/mol. The van der Waals surface area contributed by atoms with Gasteiger partial charge < -0.3 is 4.74 Å². The molecule has 0 aromatic heterocycles. The SMILES string of the molecule is CC1=CCC(c2ccc(C)cc2)OC1(F)F. The van der Waals surface area contributed by atoms with E-state index >= 15 is 0 Å². The standard InChI is InChI=1S/C13H14F2O/c1-9-3-6-11(7-4-9)12-8-5-10(2)13(14,15)16-12/h3-7,12H,8H2,1-2H3. The predicted octanol–water partition coefficient (Wildman–Crippen LogP) is 4.00.